The second-order valence-corrected chi connectivity index (χ2v) is 6.31. The maximum absolute atomic E-state index is 12.4. The highest BCUT2D eigenvalue weighted by atomic mass is 32.2. The van der Waals surface area contributed by atoms with E-state index in [0.717, 1.165) is 17.1 Å². The second-order valence-electron chi connectivity index (χ2n) is 5.37. The summed E-state index contributed by atoms with van der Waals surface area (Å²) in [5.41, 5.74) is 2.16. The average molecular weight is 342 g/mol. The molecule has 0 fully saturated rings. The summed E-state index contributed by atoms with van der Waals surface area (Å²) in [5, 5.41) is 9.07. The lowest BCUT2D eigenvalue weighted by molar-refractivity contribution is -0.127. The van der Waals surface area contributed by atoms with Gasteiger partial charge in [-0.25, -0.2) is 0 Å². The van der Waals surface area contributed by atoms with Gasteiger partial charge in [-0.3, -0.25) is 9.36 Å². The zero-order valence-electron chi connectivity index (χ0n) is 14.1. The van der Waals surface area contributed by atoms with E-state index in [-0.39, 0.29) is 5.91 Å². The molecule has 0 aliphatic carbocycles. The number of nitrogens with zero attached hydrogens (tertiary/aromatic N) is 4. The predicted molar refractivity (Wildman–Crippen MR) is 98.5 cm³/mol. The fourth-order valence-corrected chi connectivity index (χ4v) is 3.21. The van der Waals surface area contributed by atoms with Crippen LogP contribution in [0.3, 0.4) is 0 Å². The number of thioether (sulfide) groups is 1. The molecule has 1 amide bonds. The van der Waals surface area contributed by atoms with Gasteiger partial charge in [0.05, 0.1) is 5.75 Å². The molecule has 1 aromatic heterocycles. The van der Waals surface area contributed by atoms with Gasteiger partial charge in [0, 0.05) is 18.8 Å². The molecule has 6 heteroatoms. The molecule has 0 atom stereocenters. The SMILES string of the molecule is C=CCN(CC=C)C(=O)CSc1nnc(C)n1-c1cccc(C)c1. The first-order valence-electron chi connectivity index (χ1n) is 7.68. The molecule has 0 aliphatic heterocycles. The van der Waals surface area contributed by atoms with Crippen LogP contribution >= 0.6 is 11.8 Å². The molecule has 2 aromatic rings. The fraction of sp³-hybridized carbons (Fsp3) is 0.278. The first kappa shape index (κ1) is 18.0. The molecular weight excluding hydrogens is 320 g/mol. The first-order valence-corrected chi connectivity index (χ1v) is 8.66. The molecule has 0 unspecified atom stereocenters. The summed E-state index contributed by atoms with van der Waals surface area (Å²) >= 11 is 1.39. The van der Waals surface area contributed by atoms with E-state index in [2.05, 4.69) is 29.4 Å². The Labute approximate surface area is 147 Å². The van der Waals surface area contributed by atoms with E-state index < -0.39 is 0 Å². The largest absolute Gasteiger partial charge is 0.335 e. The van der Waals surface area contributed by atoms with Crippen molar-refractivity contribution in [1.29, 1.82) is 0 Å². The molecule has 0 spiro atoms. The van der Waals surface area contributed by atoms with Gasteiger partial charge in [-0.05, 0) is 31.5 Å². The lowest BCUT2D eigenvalue weighted by Gasteiger charge is -2.18. The highest BCUT2D eigenvalue weighted by Gasteiger charge is 2.16. The standard InChI is InChI=1S/C18H22N4OS/c1-5-10-21(11-6-2)17(23)13-24-18-20-19-15(4)22(18)16-9-7-8-14(3)12-16/h5-9,12H,1-2,10-11,13H2,3-4H3. The molecule has 0 saturated heterocycles. The Balaban J connectivity index is 2.15. The highest BCUT2D eigenvalue weighted by Crippen LogP contribution is 2.22. The van der Waals surface area contributed by atoms with Gasteiger partial charge >= 0.3 is 0 Å². The molecule has 1 heterocycles. The maximum atomic E-state index is 12.4. The van der Waals surface area contributed by atoms with Crippen molar-refractivity contribution in [2.45, 2.75) is 19.0 Å². The van der Waals surface area contributed by atoms with Crippen LogP contribution in [0.25, 0.3) is 5.69 Å². The number of benzene rings is 1. The van der Waals surface area contributed by atoms with Gasteiger partial charge in [-0.1, -0.05) is 36.0 Å². The van der Waals surface area contributed by atoms with Gasteiger partial charge in [0.2, 0.25) is 5.91 Å². The van der Waals surface area contributed by atoms with Crippen LogP contribution in [0.4, 0.5) is 0 Å². The van der Waals surface area contributed by atoms with Crippen LogP contribution in [0.15, 0.2) is 54.7 Å². The fourth-order valence-electron chi connectivity index (χ4n) is 2.31. The van der Waals surface area contributed by atoms with Crippen LogP contribution in [0.5, 0.6) is 0 Å². The maximum Gasteiger partial charge on any atom is 0.233 e. The summed E-state index contributed by atoms with van der Waals surface area (Å²) in [6.45, 7) is 12.3. The minimum absolute atomic E-state index is 0.0243. The van der Waals surface area contributed by atoms with E-state index in [4.69, 9.17) is 0 Å². The number of amides is 1. The van der Waals surface area contributed by atoms with Crippen molar-refractivity contribution >= 4 is 17.7 Å². The van der Waals surface area contributed by atoms with Crippen molar-refractivity contribution in [3.63, 3.8) is 0 Å². The lowest BCUT2D eigenvalue weighted by atomic mass is 10.2. The molecule has 2 rings (SSSR count). The van der Waals surface area contributed by atoms with Crippen molar-refractivity contribution in [1.82, 2.24) is 19.7 Å². The lowest BCUT2D eigenvalue weighted by Crippen LogP contribution is -2.32. The van der Waals surface area contributed by atoms with Crippen molar-refractivity contribution in [2.75, 3.05) is 18.8 Å². The zero-order valence-corrected chi connectivity index (χ0v) is 14.9. The van der Waals surface area contributed by atoms with E-state index in [9.17, 15) is 4.79 Å². The van der Waals surface area contributed by atoms with E-state index in [0.29, 0.717) is 24.0 Å². The Hall–Kier alpha value is -2.34. The van der Waals surface area contributed by atoms with Gasteiger partial charge in [0.15, 0.2) is 5.16 Å². The Morgan fingerprint density at radius 2 is 1.96 bits per heavy atom. The van der Waals surface area contributed by atoms with Gasteiger partial charge in [0.1, 0.15) is 5.82 Å². The van der Waals surface area contributed by atoms with Crippen LogP contribution in [-0.2, 0) is 4.79 Å². The topological polar surface area (TPSA) is 51.0 Å². The normalized spacial score (nSPS) is 10.4. The monoisotopic (exact) mass is 342 g/mol. The number of carbonyl (C=O) groups is 1. The molecule has 0 radical (unpaired) electrons. The molecule has 0 bridgehead atoms. The second kappa shape index (κ2) is 8.49. The van der Waals surface area contributed by atoms with E-state index in [1.807, 2.05) is 36.6 Å². The van der Waals surface area contributed by atoms with E-state index in [1.165, 1.54) is 11.8 Å². The summed E-state index contributed by atoms with van der Waals surface area (Å²) in [5.74, 6) is 1.12. The zero-order chi connectivity index (χ0) is 17.5. The van der Waals surface area contributed by atoms with Gasteiger partial charge in [-0.15, -0.1) is 23.4 Å². The number of rotatable bonds is 8. The molecule has 1 aromatic carbocycles. The van der Waals surface area contributed by atoms with E-state index in [1.54, 1.807) is 17.1 Å². The molecule has 0 N–H and O–H groups in total. The minimum Gasteiger partial charge on any atom is -0.335 e. The van der Waals surface area contributed by atoms with Gasteiger partial charge < -0.3 is 4.90 Å². The average Bonchev–Trinajstić information content (AvgIpc) is 2.93. The van der Waals surface area contributed by atoms with Crippen molar-refractivity contribution < 1.29 is 4.79 Å². The number of aromatic nitrogens is 3. The number of carbonyl (C=O) groups excluding carboxylic acids is 1. The third kappa shape index (κ3) is 4.35. The Bertz CT molecular complexity index is 728. The Kier molecular flexibility index (Phi) is 6.37. The Morgan fingerprint density at radius 1 is 1.25 bits per heavy atom. The third-order valence-electron chi connectivity index (χ3n) is 3.43. The molecule has 0 aliphatic rings. The molecule has 24 heavy (non-hydrogen) atoms. The van der Waals surface area contributed by atoms with Gasteiger partial charge in [-0.2, -0.15) is 0 Å². The van der Waals surface area contributed by atoms with Crippen LogP contribution in [-0.4, -0.2) is 44.4 Å². The summed E-state index contributed by atoms with van der Waals surface area (Å²) < 4.78 is 1.97. The number of hydrogen-bond donors (Lipinski definition) is 0. The smallest absolute Gasteiger partial charge is 0.233 e. The summed E-state index contributed by atoms with van der Waals surface area (Å²) in [6, 6.07) is 8.13. The first-order chi connectivity index (χ1) is 11.6. The summed E-state index contributed by atoms with van der Waals surface area (Å²) in [4.78, 5) is 14.1. The number of aryl methyl sites for hydroxylation is 2. The van der Waals surface area contributed by atoms with Crippen molar-refractivity contribution in [3.8, 4) is 5.69 Å². The van der Waals surface area contributed by atoms with Crippen molar-refractivity contribution in [2.24, 2.45) is 0 Å². The predicted octanol–water partition coefficient (Wildman–Crippen LogP) is 3.18. The van der Waals surface area contributed by atoms with Crippen LogP contribution in [0.1, 0.15) is 11.4 Å². The van der Waals surface area contributed by atoms with Crippen LogP contribution in [0.2, 0.25) is 0 Å². The highest BCUT2D eigenvalue weighted by molar-refractivity contribution is 7.99. The Morgan fingerprint density at radius 3 is 2.58 bits per heavy atom. The van der Waals surface area contributed by atoms with Crippen LogP contribution < -0.4 is 0 Å². The summed E-state index contributed by atoms with van der Waals surface area (Å²) in [6.07, 6.45) is 3.43. The quantitative estimate of drug-likeness (QED) is 0.546. The van der Waals surface area contributed by atoms with Gasteiger partial charge in [0.25, 0.3) is 0 Å². The minimum atomic E-state index is 0.0243. The molecule has 5 nitrogen and oxygen atoms in total. The third-order valence-corrected chi connectivity index (χ3v) is 4.35. The number of hydrogen-bond acceptors (Lipinski definition) is 4. The molecule has 126 valence electrons. The van der Waals surface area contributed by atoms with Crippen LogP contribution in [0, 0.1) is 13.8 Å². The van der Waals surface area contributed by atoms with Crippen molar-refractivity contribution in [3.05, 3.63) is 61.0 Å². The van der Waals surface area contributed by atoms with E-state index >= 15 is 0 Å². The summed E-state index contributed by atoms with van der Waals surface area (Å²) in [7, 11) is 0. The molecular formula is C18H22N4OS. The molecule has 0 saturated carbocycles.